The monoisotopic (exact) mass is 1040 g/mol. The van der Waals surface area contributed by atoms with Crippen molar-refractivity contribution in [1.29, 1.82) is 0 Å². The fraction of sp³-hybridized carbons (Fsp3) is 0.817. The average Bonchev–Trinajstić information content (AvgIpc) is 3.37. The van der Waals surface area contributed by atoms with Crippen LogP contribution in [0.4, 0.5) is 0 Å². The Hall–Kier alpha value is -2.56. The van der Waals surface area contributed by atoms with E-state index in [4.69, 9.17) is 23.3 Å². The highest BCUT2D eigenvalue weighted by Crippen LogP contribution is 2.43. The summed E-state index contributed by atoms with van der Waals surface area (Å²) in [7, 11) is -4.75. The maximum Gasteiger partial charge on any atom is 0.472 e. The fourth-order valence-electron chi connectivity index (χ4n) is 8.19. The molecule has 0 aliphatic carbocycles. The molecule has 0 aromatic rings. The minimum atomic E-state index is -4.75. The summed E-state index contributed by atoms with van der Waals surface area (Å²) in [5.74, 6) is -1.48. The lowest BCUT2D eigenvalue weighted by Crippen LogP contribution is -2.30. The van der Waals surface area contributed by atoms with E-state index >= 15 is 0 Å². The first-order valence-electron chi connectivity index (χ1n) is 29.5. The molecule has 0 heterocycles. The van der Waals surface area contributed by atoms with Crippen LogP contribution in [0.25, 0.3) is 0 Å². The van der Waals surface area contributed by atoms with Gasteiger partial charge in [0.1, 0.15) is 12.7 Å². The van der Waals surface area contributed by atoms with Crippen LogP contribution in [0.3, 0.4) is 0 Å². The number of allylic oxidation sites excluding steroid dienone is 8. The van der Waals surface area contributed by atoms with Gasteiger partial charge in [-0.25, -0.2) is 4.57 Å². The number of unbranched alkanes of at least 4 members (excludes halogenated alkanes) is 30. The molecule has 72 heavy (non-hydrogen) atoms. The summed E-state index contributed by atoms with van der Waals surface area (Å²) in [6, 6.07) is 0. The van der Waals surface area contributed by atoms with E-state index in [1.54, 1.807) is 0 Å². The van der Waals surface area contributed by atoms with Crippen molar-refractivity contribution in [2.75, 3.05) is 26.4 Å². The van der Waals surface area contributed by atoms with Crippen LogP contribution in [0.15, 0.2) is 48.6 Å². The second kappa shape index (κ2) is 54.7. The summed E-state index contributed by atoms with van der Waals surface area (Å²) in [6.45, 7) is 4.56. The Morgan fingerprint density at radius 3 is 1.11 bits per heavy atom. The van der Waals surface area contributed by atoms with Crippen LogP contribution in [0.2, 0.25) is 0 Å². The smallest absolute Gasteiger partial charge is 0.462 e. The third-order valence-corrected chi connectivity index (χ3v) is 13.7. The van der Waals surface area contributed by atoms with Crippen LogP contribution in [0, 0.1) is 0 Å². The molecule has 3 unspecified atom stereocenters. The van der Waals surface area contributed by atoms with Crippen molar-refractivity contribution in [3.05, 3.63) is 48.6 Å². The standard InChI is InChI=1S/C60H109O11P/c1-4-7-10-13-16-19-22-25-27-28-30-33-36-39-42-45-48-51-60(64)71-57(53-67-58(62)49-46-43-40-37-34-31-24-21-18-15-12-9-6-3)55-69-72(65,66)68-54-56(52-61)70-59(63)50-47-44-41-38-35-32-29-26-23-20-17-14-11-8-5-2/h12,15,17,20-21,24,26,29,56-57,61H,4-11,13-14,16,18-19,22-23,25,27-28,30-55H2,1-3H3,(H,65,66)/b15-12-,20-17-,24-21-,29-26-. The van der Waals surface area contributed by atoms with E-state index in [0.29, 0.717) is 19.3 Å². The third kappa shape index (κ3) is 52.3. The van der Waals surface area contributed by atoms with Crippen molar-refractivity contribution < 1.29 is 52.2 Å². The van der Waals surface area contributed by atoms with E-state index in [2.05, 4.69) is 69.4 Å². The van der Waals surface area contributed by atoms with Crippen LogP contribution in [-0.2, 0) is 42.2 Å². The normalized spacial score (nSPS) is 13.7. The molecule has 12 heteroatoms. The van der Waals surface area contributed by atoms with Gasteiger partial charge in [-0.05, 0) is 77.0 Å². The van der Waals surface area contributed by atoms with E-state index < -0.39 is 57.8 Å². The third-order valence-electron chi connectivity index (χ3n) is 12.7. The molecule has 0 aromatic carbocycles. The van der Waals surface area contributed by atoms with E-state index in [-0.39, 0.29) is 25.9 Å². The highest BCUT2D eigenvalue weighted by molar-refractivity contribution is 7.47. The molecule has 0 aliphatic heterocycles. The van der Waals surface area contributed by atoms with Crippen LogP contribution >= 0.6 is 7.82 Å². The number of esters is 3. The summed E-state index contributed by atoms with van der Waals surface area (Å²) in [6.07, 6.45) is 57.8. The van der Waals surface area contributed by atoms with Crippen molar-refractivity contribution in [3.63, 3.8) is 0 Å². The molecule has 0 radical (unpaired) electrons. The minimum absolute atomic E-state index is 0.162. The summed E-state index contributed by atoms with van der Waals surface area (Å²) >= 11 is 0. The van der Waals surface area contributed by atoms with Crippen molar-refractivity contribution in [2.45, 2.75) is 290 Å². The number of hydrogen-bond acceptors (Lipinski definition) is 10. The number of ether oxygens (including phenoxy) is 3. The lowest BCUT2D eigenvalue weighted by Gasteiger charge is -2.21. The number of phosphoric ester groups is 1. The summed E-state index contributed by atoms with van der Waals surface area (Å²) in [4.78, 5) is 48.5. The van der Waals surface area contributed by atoms with Gasteiger partial charge in [-0.3, -0.25) is 23.4 Å². The highest BCUT2D eigenvalue weighted by Gasteiger charge is 2.28. The molecule has 3 atom stereocenters. The van der Waals surface area contributed by atoms with Gasteiger partial charge in [-0.15, -0.1) is 0 Å². The first-order valence-corrected chi connectivity index (χ1v) is 31.0. The number of hydrogen-bond donors (Lipinski definition) is 2. The van der Waals surface area contributed by atoms with E-state index in [9.17, 15) is 28.9 Å². The van der Waals surface area contributed by atoms with Crippen LogP contribution in [-0.4, -0.2) is 66.5 Å². The Kier molecular flexibility index (Phi) is 52.7. The molecule has 0 fully saturated rings. The van der Waals surface area contributed by atoms with Crippen LogP contribution in [0.1, 0.15) is 278 Å². The molecule has 0 bridgehead atoms. The van der Waals surface area contributed by atoms with Crippen LogP contribution < -0.4 is 0 Å². The molecule has 420 valence electrons. The van der Waals surface area contributed by atoms with Gasteiger partial charge < -0.3 is 24.2 Å². The Morgan fingerprint density at radius 2 is 0.708 bits per heavy atom. The predicted octanol–water partition coefficient (Wildman–Crippen LogP) is 17.4. The number of aliphatic hydroxyl groups excluding tert-OH is 1. The van der Waals surface area contributed by atoms with E-state index in [0.717, 1.165) is 109 Å². The number of rotatable bonds is 55. The van der Waals surface area contributed by atoms with Crippen molar-refractivity contribution in [3.8, 4) is 0 Å². The zero-order chi connectivity index (χ0) is 52.7. The Bertz CT molecular complexity index is 1400. The minimum Gasteiger partial charge on any atom is -0.462 e. The molecule has 0 amide bonds. The predicted molar refractivity (Wildman–Crippen MR) is 298 cm³/mol. The largest absolute Gasteiger partial charge is 0.472 e. The van der Waals surface area contributed by atoms with Gasteiger partial charge in [0.05, 0.1) is 19.8 Å². The zero-order valence-corrected chi connectivity index (χ0v) is 47.3. The summed E-state index contributed by atoms with van der Waals surface area (Å²) < 4.78 is 39.5. The second-order valence-corrected chi connectivity index (χ2v) is 21.3. The topological polar surface area (TPSA) is 155 Å². The average molecular weight is 1040 g/mol. The van der Waals surface area contributed by atoms with E-state index in [1.165, 1.54) is 109 Å². The summed E-state index contributed by atoms with van der Waals surface area (Å²) in [5, 5.41) is 9.81. The van der Waals surface area contributed by atoms with E-state index in [1.807, 2.05) is 0 Å². The molecule has 11 nitrogen and oxygen atoms in total. The molecule has 2 N–H and O–H groups in total. The quantitative estimate of drug-likeness (QED) is 0.0197. The highest BCUT2D eigenvalue weighted by atomic mass is 31.2. The first kappa shape index (κ1) is 69.4. The number of aliphatic hydroxyl groups is 1. The zero-order valence-electron chi connectivity index (χ0n) is 46.4. The Morgan fingerprint density at radius 1 is 0.389 bits per heavy atom. The molecule has 0 aromatic heterocycles. The van der Waals surface area contributed by atoms with Gasteiger partial charge in [0, 0.05) is 19.3 Å². The lowest BCUT2D eigenvalue weighted by molar-refractivity contribution is -0.161. The van der Waals surface area contributed by atoms with Gasteiger partial charge in [0.15, 0.2) is 6.10 Å². The SMILES string of the molecule is CCC/C=C\C/C=C\CCCCCCCC(=O)OCC(COP(=O)(O)OCC(CO)OC(=O)CCCCCCC/C=C\C/C=C\CCCCC)OC(=O)CCCCCCCCCCCCCCCCCCC. The van der Waals surface area contributed by atoms with Crippen molar-refractivity contribution in [1.82, 2.24) is 0 Å². The second-order valence-electron chi connectivity index (χ2n) is 19.8. The molecule has 0 spiro atoms. The van der Waals surface area contributed by atoms with Gasteiger partial charge in [-0.2, -0.15) is 0 Å². The van der Waals surface area contributed by atoms with Crippen molar-refractivity contribution >= 4 is 25.7 Å². The van der Waals surface area contributed by atoms with Gasteiger partial charge in [-0.1, -0.05) is 230 Å². The lowest BCUT2D eigenvalue weighted by atomic mass is 10.0. The Balaban J connectivity index is 4.70. The fourth-order valence-corrected chi connectivity index (χ4v) is 8.97. The number of carbonyl (C=O) groups is 3. The van der Waals surface area contributed by atoms with Crippen LogP contribution in [0.5, 0.6) is 0 Å². The van der Waals surface area contributed by atoms with Gasteiger partial charge in [0.25, 0.3) is 0 Å². The molecule has 0 aliphatic rings. The molecule has 0 saturated carbocycles. The molecule has 0 rings (SSSR count). The van der Waals surface area contributed by atoms with Gasteiger partial charge >= 0.3 is 25.7 Å². The number of phosphoric acid groups is 1. The Labute approximate surface area is 441 Å². The number of carbonyl (C=O) groups excluding carboxylic acids is 3. The van der Waals surface area contributed by atoms with Crippen molar-refractivity contribution in [2.24, 2.45) is 0 Å². The maximum absolute atomic E-state index is 12.9. The molecule has 0 saturated heterocycles. The summed E-state index contributed by atoms with van der Waals surface area (Å²) in [5.41, 5.74) is 0. The van der Waals surface area contributed by atoms with Gasteiger partial charge in [0.2, 0.25) is 0 Å². The first-order chi connectivity index (χ1) is 35.2. The molecular weight excluding hydrogens is 928 g/mol. The molecular formula is C60H109O11P. The maximum atomic E-state index is 12.9.